The topological polar surface area (TPSA) is 55.5 Å². The number of fused-ring (bicyclic) bond motifs is 1. The maximum atomic E-state index is 10.1. The molecule has 0 fully saturated rings. The summed E-state index contributed by atoms with van der Waals surface area (Å²) >= 11 is 0. The second kappa shape index (κ2) is 3.75. The van der Waals surface area contributed by atoms with Crippen LogP contribution < -0.4 is 10.5 Å². The van der Waals surface area contributed by atoms with E-state index >= 15 is 0 Å². The molecule has 1 aromatic carbocycles. The zero-order valence-corrected chi connectivity index (χ0v) is 10.0. The number of ether oxygens (including phenoxy) is 1. The third-order valence-electron chi connectivity index (χ3n) is 3.27. The second-order valence-electron chi connectivity index (χ2n) is 4.90. The maximum Gasteiger partial charge on any atom is 0.131 e. The van der Waals surface area contributed by atoms with E-state index in [0.29, 0.717) is 0 Å². The van der Waals surface area contributed by atoms with Gasteiger partial charge in [-0.05, 0) is 31.9 Å². The quantitative estimate of drug-likeness (QED) is 0.760. The monoisotopic (exact) mass is 221 g/mol. The van der Waals surface area contributed by atoms with Crippen molar-refractivity contribution in [1.29, 1.82) is 0 Å². The third kappa shape index (κ3) is 1.70. The molecule has 0 aromatic heterocycles. The van der Waals surface area contributed by atoms with Crippen molar-refractivity contribution >= 4 is 0 Å². The molecule has 0 saturated heterocycles. The van der Waals surface area contributed by atoms with Crippen molar-refractivity contribution in [2.75, 3.05) is 0 Å². The molecule has 0 spiro atoms. The molecule has 3 nitrogen and oxygen atoms in total. The normalized spacial score (nSPS) is 27.1. The lowest BCUT2D eigenvalue weighted by atomic mass is 9.86. The van der Waals surface area contributed by atoms with Gasteiger partial charge in [0.2, 0.25) is 0 Å². The van der Waals surface area contributed by atoms with Gasteiger partial charge in [0.15, 0.2) is 0 Å². The molecule has 3 N–H and O–H groups in total. The van der Waals surface area contributed by atoms with Crippen molar-refractivity contribution in [3.63, 3.8) is 0 Å². The van der Waals surface area contributed by atoms with E-state index in [1.807, 2.05) is 32.0 Å². The van der Waals surface area contributed by atoms with E-state index in [9.17, 15) is 5.11 Å². The molecular formula is C13H19NO2. The molecule has 3 heteroatoms. The van der Waals surface area contributed by atoms with Crippen LogP contribution in [0.15, 0.2) is 18.2 Å². The van der Waals surface area contributed by atoms with E-state index in [0.717, 1.165) is 17.7 Å². The lowest BCUT2D eigenvalue weighted by molar-refractivity contribution is -0.0572. The predicted octanol–water partition coefficient (Wildman–Crippen LogP) is 1.78. The summed E-state index contributed by atoms with van der Waals surface area (Å²) in [7, 11) is 0. The number of hydrogen-bond acceptors (Lipinski definition) is 3. The minimum absolute atomic E-state index is 0.370. The van der Waals surface area contributed by atoms with Gasteiger partial charge in [0.05, 0.1) is 6.04 Å². The summed E-state index contributed by atoms with van der Waals surface area (Å²) in [6.07, 6.45) is 0.284. The van der Waals surface area contributed by atoms with Crippen molar-refractivity contribution in [2.24, 2.45) is 5.73 Å². The Balaban J connectivity index is 2.47. The number of hydrogen-bond donors (Lipinski definition) is 2. The molecule has 0 bridgehead atoms. The Hall–Kier alpha value is -1.06. The fourth-order valence-corrected chi connectivity index (χ4v) is 2.12. The first-order valence-corrected chi connectivity index (χ1v) is 5.71. The van der Waals surface area contributed by atoms with Crippen LogP contribution in [0, 0.1) is 0 Å². The molecule has 0 aliphatic carbocycles. The number of rotatable bonds is 1. The van der Waals surface area contributed by atoms with Crippen molar-refractivity contribution in [3.05, 3.63) is 29.3 Å². The van der Waals surface area contributed by atoms with Crippen molar-refractivity contribution in [3.8, 4) is 5.75 Å². The highest BCUT2D eigenvalue weighted by molar-refractivity contribution is 5.42. The zero-order valence-electron chi connectivity index (χ0n) is 10.0. The Labute approximate surface area is 96.2 Å². The summed E-state index contributed by atoms with van der Waals surface area (Å²) < 4.78 is 5.77. The van der Waals surface area contributed by atoms with E-state index in [1.54, 1.807) is 0 Å². The zero-order chi connectivity index (χ0) is 11.9. The van der Waals surface area contributed by atoms with Gasteiger partial charge >= 0.3 is 0 Å². The van der Waals surface area contributed by atoms with Gasteiger partial charge in [-0.2, -0.15) is 0 Å². The number of aryl methyl sites for hydroxylation is 1. The molecule has 1 aromatic rings. The standard InChI is InChI=1S/C13H19NO2/c1-4-8-5-6-10-9(7-8)11(14)12(15)13(2,3)16-10/h5-7,11-12,15H,4,14H2,1-3H3/t11-,12+/m1/s1. The SMILES string of the molecule is CCc1ccc2c(c1)[C@@H](N)[C@H](O)C(C)(C)O2. The van der Waals surface area contributed by atoms with Gasteiger partial charge < -0.3 is 15.6 Å². The van der Waals surface area contributed by atoms with Crippen LogP contribution in [-0.4, -0.2) is 16.8 Å². The van der Waals surface area contributed by atoms with Crippen LogP contribution in [0.1, 0.15) is 37.9 Å². The lowest BCUT2D eigenvalue weighted by Crippen LogP contribution is -2.51. The number of nitrogens with two attached hydrogens (primary N) is 1. The largest absolute Gasteiger partial charge is 0.485 e. The highest BCUT2D eigenvalue weighted by atomic mass is 16.5. The second-order valence-corrected chi connectivity index (χ2v) is 4.90. The van der Waals surface area contributed by atoms with Crippen molar-refractivity contribution in [1.82, 2.24) is 0 Å². The van der Waals surface area contributed by atoms with Crippen LogP contribution in [0.4, 0.5) is 0 Å². The van der Waals surface area contributed by atoms with Crippen LogP contribution in [0.2, 0.25) is 0 Å². The van der Waals surface area contributed by atoms with Gasteiger partial charge in [0, 0.05) is 5.56 Å². The molecule has 1 aliphatic heterocycles. The van der Waals surface area contributed by atoms with Crippen molar-refractivity contribution < 1.29 is 9.84 Å². The summed E-state index contributed by atoms with van der Waals surface area (Å²) in [5.74, 6) is 0.792. The predicted molar refractivity (Wildman–Crippen MR) is 63.5 cm³/mol. The van der Waals surface area contributed by atoms with Crippen LogP contribution in [-0.2, 0) is 6.42 Å². The average molecular weight is 221 g/mol. The Bertz CT molecular complexity index is 401. The van der Waals surface area contributed by atoms with Crippen molar-refractivity contribution in [2.45, 2.75) is 44.9 Å². The molecule has 0 unspecified atom stereocenters. The van der Waals surface area contributed by atoms with E-state index < -0.39 is 11.7 Å². The minimum Gasteiger partial charge on any atom is -0.485 e. The molecule has 16 heavy (non-hydrogen) atoms. The number of aliphatic hydroxyl groups excluding tert-OH is 1. The molecule has 1 aliphatic rings. The first kappa shape index (κ1) is 11.4. The summed E-state index contributed by atoms with van der Waals surface area (Å²) in [5, 5.41) is 10.1. The van der Waals surface area contributed by atoms with Crippen LogP contribution in [0.3, 0.4) is 0 Å². The Morgan fingerprint density at radius 1 is 1.44 bits per heavy atom. The molecule has 0 saturated carbocycles. The Kier molecular flexibility index (Phi) is 2.68. The van der Waals surface area contributed by atoms with Gasteiger partial charge in [-0.15, -0.1) is 0 Å². The van der Waals surface area contributed by atoms with Gasteiger partial charge in [-0.1, -0.05) is 19.1 Å². The van der Waals surface area contributed by atoms with Gasteiger partial charge in [-0.3, -0.25) is 0 Å². The van der Waals surface area contributed by atoms with Crippen LogP contribution in [0.5, 0.6) is 5.75 Å². The fraction of sp³-hybridized carbons (Fsp3) is 0.538. The molecule has 2 rings (SSSR count). The highest BCUT2D eigenvalue weighted by Crippen LogP contribution is 2.38. The first-order valence-electron chi connectivity index (χ1n) is 5.71. The van der Waals surface area contributed by atoms with Gasteiger partial charge in [0.25, 0.3) is 0 Å². The summed E-state index contributed by atoms with van der Waals surface area (Å²) in [6, 6.07) is 5.64. The average Bonchev–Trinajstić information content (AvgIpc) is 2.25. The van der Waals surface area contributed by atoms with Crippen LogP contribution >= 0.6 is 0 Å². The summed E-state index contributed by atoms with van der Waals surface area (Å²) in [5.41, 5.74) is 7.56. The van der Waals surface area contributed by atoms with E-state index in [-0.39, 0.29) is 6.04 Å². The first-order chi connectivity index (χ1) is 7.45. The lowest BCUT2D eigenvalue weighted by Gasteiger charge is -2.40. The minimum atomic E-state index is -0.674. The Morgan fingerprint density at radius 3 is 2.75 bits per heavy atom. The number of benzene rings is 1. The van der Waals surface area contributed by atoms with Gasteiger partial charge in [0.1, 0.15) is 17.5 Å². The summed E-state index contributed by atoms with van der Waals surface area (Å²) in [4.78, 5) is 0. The smallest absolute Gasteiger partial charge is 0.131 e. The van der Waals surface area contributed by atoms with E-state index in [1.165, 1.54) is 5.56 Å². The number of aliphatic hydroxyl groups is 1. The molecule has 2 atom stereocenters. The molecule has 0 radical (unpaired) electrons. The molecule has 88 valence electrons. The van der Waals surface area contributed by atoms with Crippen LogP contribution in [0.25, 0.3) is 0 Å². The Morgan fingerprint density at radius 2 is 2.12 bits per heavy atom. The molecular weight excluding hydrogens is 202 g/mol. The highest BCUT2D eigenvalue weighted by Gasteiger charge is 2.41. The molecule has 1 heterocycles. The van der Waals surface area contributed by atoms with Gasteiger partial charge in [-0.25, -0.2) is 0 Å². The maximum absolute atomic E-state index is 10.1. The molecule has 0 amide bonds. The third-order valence-corrected chi connectivity index (χ3v) is 3.27. The fourth-order valence-electron chi connectivity index (χ4n) is 2.12. The summed E-state index contributed by atoms with van der Waals surface area (Å²) in [6.45, 7) is 5.81. The van der Waals surface area contributed by atoms with E-state index in [4.69, 9.17) is 10.5 Å². The van der Waals surface area contributed by atoms with E-state index in [2.05, 4.69) is 6.92 Å².